The van der Waals surface area contributed by atoms with Crippen molar-refractivity contribution in [2.45, 2.75) is 0 Å². The second kappa shape index (κ2) is 8.61. The number of halogens is 1. The number of carbonyl (C=O) groups is 2. The highest BCUT2D eigenvalue weighted by molar-refractivity contribution is 9.10. The van der Waals surface area contributed by atoms with Crippen LogP contribution in [0.4, 0.5) is 5.69 Å². The number of nitrogens with zero attached hydrogens (tertiary/aromatic N) is 2. The number of carbonyl (C=O) groups excluding carboxylic acids is 2. The summed E-state index contributed by atoms with van der Waals surface area (Å²) in [7, 11) is 2.53. The molecule has 7 nitrogen and oxygen atoms in total. The lowest BCUT2D eigenvalue weighted by atomic mass is 10.1. The second-order valence-electron chi connectivity index (χ2n) is 6.61. The van der Waals surface area contributed by atoms with Crippen LogP contribution in [0.2, 0.25) is 0 Å². The molecule has 0 fully saturated rings. The van der Waals surface area contributed by atoms with Gasteiger partial charge in [0.15, 0.2) is 0 Å². The molecule has 1 aliphatic heterocycles. The molecule has 8 heteroatoms. The predicted octanol–water partition coefficient (Wildman–Crippen LogP) is 4.48. The van der Waals surface area contributed by atoms with Crippen LogP contribution in [-0.2, 0) is 19.1 Å². The molecule has 0 radical (unpaired) electrons. The molecule has 0 saturated carbocycles. The highest BCUT2D eigenvalue weighted by atomic mass is 79.9. The van der Waals surface area contributed by atoms with Gasteiger partial charge < -0.3 is 19.4 Å². The van der Waals surface area contributed by atoms with Gasteiger partial charge in [0.2, 0.25) is 0 Å². The number of hydrogen-bond acceptors (Lipinski definition) is 6. The molecule has 3 aromatic rings. The quantitative estimate of drug-likeness (QED) is 0.555. The van der Waals surface area contributed by atoms with Gasteiger partial charge in [0, 0.05) is 21.9 Å². The molecule has 4 rings (SSSR count). The number of esters is 2. The normalized spacial score (nSPS) is 13.5. The van der Waals surface area contributed by atoms with Crippen molar-refractivity contribution >= 4 is 44.6 Å². The maximum Gasteiger partial charge on any atom is 0.355 e. The van der Waals surface area contributed by atoms with Gasteiger partial charge in [-0.3, -0.25) is 0 Å². The van der Waals surface area contributed by atoms with Crippen LogP contribution in [-0.4, -0.2) is 36.1 Å². The highest BCUT2D eigenvalue weighted by Gasteiger charge is 2.27. The zero-order valence-corrected chi connectivity index (χ0v) is 18.3. The van der Waals surface area contributed by atoms with E-state index in [0.717, 1.165) is 26.9 Å². The van der Waals surface area contributed by atoms with Gasteiger partial charge in [-0.1, -0.05) is 34.1 Å². The number of ether oxygens (including phenoxy) is 2. The molecule has 0 atom stereocenters. The summed E-state index contributed by atoms with van der Waals surface area (Å²) in [6.45, 7) is 0. The van der Waals surface area contributed by atoms with Crippen LogP contribution in [0.1, 0.15) is 0 Å². The topological polar surface area (TPSA) is 84.5 Å². The maximum atomic E-state index is 12.6. The van der Waals surface area contributed by atoms with Crippen LogP contribution < -0.4 is 4.90 Å². The summed E-state index contributed by atoms with van der Waals surface area (Å²) in [6.07, 6.45) is 6.60. The number of H-pyrrole nitrogens is 1. The van der Waals surface area contributed by atoms with Gasteiger partial charge in [0.1, 0.15) is 11.5 Å². The third-order valence-electron chi connectivity index (χ3n) is 4.75. The SMILES string of the molecule is COC(=O)C1=C(C(=O)OC)N(c2ccc3nc(-c4ccc(Br)cc4)[nH]c3c2)C=CC=C1. The Morgan fingerprint density at radius 2 is 1.74 bits per heavy atom. The molecule has 0 bridgehead atoms. The summed E-state index contributed by atoms with van der Waals surface area (Å²) in [5.41, 5.74) is 3.31. The van der Waals surface area contributed by atoms with Crippen LogP contribution in [0.25, 0.3) is 22.4 Å². The van der Waals surface area contributed by atoms with E-state index in [2.05, 4.69) is 25.9 Å². The molecule has 1 N–H and O–H groups in total. The lowest BCUT2D eigenvalue weighted by Gasteiger charge is -2.23. The van der Waals surface area contributed by atoms with Crippen molar-refractivity contribution in [1.29, 1.82) is 0 Å². The monoisotopic (exact) mass is 479 g/mol. The van der Waals surface area contributed by atoms with Crippen LogP contribution in [0, 0.1) is 0 Å². The first-order valence-corrected chi connectivity index (χ1v) is 10.1. The molecule has 0 saturated heterocycles. The lowest BCUT2D eigenvalue weighted by molar-refractivity contribution is -0.139. The van der Waals surface area contributed by atoms with Crippen molar-refractivity contribution in [3.05, 3.63) is 82.6 Å². The van der Waals surface area contributed by atoms with Crippen molar-refractivity contribution in [3.63, 3.8) is 0 Å². The van der Waals surface area contributed by atoms with Gasteiger partial charge >= 0.3 is 11.9 Å². The average molecular weight is 480 g/mol. The van der Waals surface area contributed by atoms with Crippen LogP contribution in [0.5, 0.6) is 0 Å². The van der Waals surface area contributed by atoms with Crippen molar-refractivity contribution in [2.24, 2.45) is 0 Å². The van der Waals surface area contributed by atoms with Gasteiger partial charge in [-0.05, 0) is 42.5 Å². The summed E-state index contributed by atoms with van der Waals surface area (Å²) < 4.78 is 10.8. The number of fused-ring (bicyclic) bond motifs is 1. The number of nitrogens with one attached hydrogen (secondary N) is 1. The molecule has 0 spiro atoms. The van der Waals surface area contributed by atoms with Crippen molar-refractivity contribution < 1.29 is 19.1 Å². The molecule has 0 amide bonds. The molecule has 0 unspecified atom stereocenters. The Morgan fingerprint density at radius 1 is 1.00 bits per heavy atom. The van der Waals surface area contributed by atoms with E-state index in [1.807, 2.05) is 42.5 Å². The molecule has 31 heavy (non-hydrogen) atoms. The van der Waals surface area contributed by atoms with E-state index in [0.29, 0.717) is 5.69 Å². The standard InChI is InChI=1S/C23H18BrN3O4/c1-30-22(28)17-5-3-4-12-27(20(17)23(29)31-2)16-10-11-18-19(13-16)26-21(25-18)14-6-8-15(24)9-7-14/h3-13H,1-2H3,(H,25,26). The first kappa shape index (κ1) is 20.6. The summed E-state index contributed by atoms with van der Waals surface area (Å²) >= 11 is 3.43. The Balaban J connectivity index is 1.81. The first-order chi connectivity index (χ1) is 15.0. The van der Waals surface area contributed by atoms with Crippen LogP contribution >= 0.6 is 15.9 Å². The molecule has 156 valence electrons. The van der Waals surface area contributed by atoms with E-state index in [9.17, 15) is 9.59 Å². The number of aromatic amines is 1. The van der Waals surface area contributed by atoms with E-state index < -0.39 is 11.9 Å². The molecule has 2 heterocycles. The number of anilines is 1. The molecule has 1 aliphatic rings. The van der Waals surface area contributed by atoms with E-state index >= 15 is 0 Å². The Labute approximate surface area is 186 Å². The molecular formula is C23H18BrN3O4. The van der Waals surface area contributed by atoms with Crippen LogP contribution in [0.15, 0.2) is 82.6 Å². The minimum Gasteiger partial charge on any atom is -0.465 e. The van der Waals surface area contributed by atoms with E-state index in [1.165, 1.54) is 20.3 Å². The summed E-state index contributed by atoms with van der Waals surface area (Å²) in [4.78, 5) is 34.5. The predicted molar refractivity (Wildman–Crippen MR) is 121 cm³/mol. The summed E-state index contributed by atoms with van der Waals surface area (Å²) in [5, 5.41) is 0. The zero-order chi connectivity index (χ0) is 22.0. The lowest BCUT2D eigenvalue weighted by Crippen LogP contribution is -2.26. The average Bonchev–Trinajstić information content (AvgIpc) is 3.09. The number of methoxy groups -OCH3 is 2. The molecular weight excluding hydrogens is 462 g/mol. The minimum absolute atomic E-state index is 0.0614. The third kappa shape index (κ3) is 4.02. The van der Waals surface area contributed by atoms with Gasteiger partial charge in [0.05, 0.1) is 30.8 Å². The molecule has 2 aromatic carbocycles. The van der Waals surface area contributed by atoms with Gasteiger partial charge in [-0.2, -0.15) is 0 Å². The van der Waals surface area contributed by atoms with Crippen LogP contribution in [0.3, 0.4) is 0 Å². The number of aromatic nitrogens is 2. The fraction of sp³-hybridized carbons (Fsp3) is 0.0870. The number of allylic oxidation sites excluding steroid dienone is 2. The second-order valence-corrected chi connectivity index (χ2v) is 7.53. The molecule has 0 aliphatic carbocycles. The van der Waals surface area contributed by atoms with Gasteiger partial charge in [0.25, 0.3) is 0 Å². The largest absolute Gasteiger partial charge is 0.465 e. The van der Waals surface area contributed by atoms with Crippen molar-refractivity contribution in [1.82, 2.24) is 9.97 Å². The summed E-state index contributed by atoms with van der Waals surface area (Å²) in [6, 6.07) is 13.4. The van der Waals surface area contributed by atoms with Gasteiger partial charge in [-0.15, -0.1) is 0 Å². The third-order valence-corrected chi connectivity index (χ3v) is 5.28. The van der Waals surface area contributed by atoms with E-state index in [4.69, 9.17) is 9.47 Å². The fourth-order valence-electron chi connectivity index (χ4n) is 3.26. The number of imidazole rings is 1. The molecule has 1 aromatic heterocycles. The highest BCUT2D eigenvalue weighted by Crippen LogP contribution is 2.30. The first-order valence-electron chi connectivity index (χ1n) is 9.32. The van der Waals surface area contributed by atoms with E-state index in [1.54, 1.807) is 23.3 Å². The van der Waals surface area contributed by atoms with Crippen molar-refractivity contribution in [2.75, 3.05) is 19.1 Å². The Hall–Kier alpha value is -3.65. The number of rotatable bonds is 4. The summed E-state index contributed by atoms with van der Waals surface area (Å²) in [5.74, 6) is -0.561. The zero-order valence-electron chi connectivity index (χ0n) is 16.8. The number of benzene rings is 2. The minimum atomic E-state index is -0.656. The number of hydrogen-bond donors (Lipinski definition) is 1. The van der Waals surface area contributed by atoms with E-state index in [-0.39, 0.29) is 11.3 Å². The maximum absolute atomic E-state index is 12.6. The smallest absolute Gasteiger partial charge is 0.355 e. The van der Waals surface area contributed by atoms with Gasteiger partial charge in [-0.25, -0.2) is 14.6 Å². The Kier molecular flexibility index (Phi) is 5.73. The van der Waals surface area contributed by atoms with Crippen molar-refractivity contribution in [3.8, 4) is 11.4 Å². The Bertz CT molecular complexity index is 1260. The fourth-order valence-corrected chi connectivity index (χ4v) is 3.52. The Morgan fingerprint density at radius 3 is 2.45 bits per heavy atom.